The maximum absolute atomic E-state index is 11.1. The second-order valence-electron chi connectivity index (χ2n) is 3.04. The third kappa shape index (κ3) is 2.22. The van der Waals surface area contributed by atoms with Crippen LogP contribution in [0.5, 0.6) is 0 Å². The smallest absolute Gasteiger partial charge is 0.305 e. The summed E-state index contributed by atoms with van der Waals surface area (Å²) in [4.78, 5) is 23.0. The molecule has 0 radical (unpaired) electrons. The molecule has 13 heavy (non-hydrogen) atoms. The molecule has 70 valence electrons. The zero-order valence-electron chi connectivity index (χ0n) is 7.19. The van der Waals surface area contributed by atoms with Crippen molar-refractivity contribution in [3.63, 3.8) is 0 Å². The highest BCUT2D eigenvalue weighted by Gasteiger charge is 2.29. The van der Waals surface area contributed by atoms with Gasteiger partial charge in [0.25, 0.3) is 5.91 Å². The molecule has 0 aromatic rings. The molecular formula is C9H11NO3. The average Bonchev–Trinajstić information content (AvgIpc) is 2.50. The van der Waals surface area contributed by atoms with Crippen LogP contribution in [0.15, 0.2) is 0 Å². The molecule has 0 saturated carbocycles. The third-order valence-electron chi connectivity index (χ3n) is 2.17. The average molecular weight is 181 g/mol. The third-order valence-corrected chi connectivity index (χ3v) is 2.17. The minimum atomic E-state index is -0.887. The maximum atomic E-state index is 11.1. The Balaban J connectivity index is 2.59. The normalized spacial score (nSPS) is 21.2. The molecule has 1 rings (SSSR count). The van der Waals surface area contributed by atoms with Crippen molar-refractivity contribution < 1.29 is 14.7 Å². The van der Waals surface area contributed by atoms with E-state index >= 15 is 0 Å². The van der Waals surface area contributed by atoms with E-state index in [1.807, 2.05) is 5.92 Å². The number of hydrogen-bond donors (Lipinski definition) is 1. The van der Waals surface area contributed by atoms with E-state index in [2.05, 4.69) is 0 Å². The second kappa shape index (κ2) is 3.94. The van der Waals surface area contributed by atoms with Gasteiger partial charge in [0.05, 0.1) is 6.42 Å². The van der Waals surface area contributed by atoms with Gasteiger partial charge in [-0.1, -0.05) is 0 Å². The van der Waals surface area contributed by atoms with Crippen molar-refractivity contribution in [2.75, 3.05) is 6.54 Å². The first-order chi connectivity index (χ1) is 6.15. The summed E-state index contributed by atoms with van der Waals surface area (Å²) in [6, 6.07) is -0.207. The van der Waals surface area contributed by atoms with Gasteiger partial charge in [-0.2, -0.15) is 0 Å². The van der Waals surface area contributed by atoms with Gasteiger partial charge < -0.3 is 10.0 Å². The highest BCUT2D eigenvalue weighted by Crippen LogP contribution is 2.19. The molecule has 4 heteroatoms. The monoisotopic (exact) mass is 181 g/mol. The van der Waals surface area contributed by atoms with Gasteiger partial charge in [0.1, 0.15) is 0 Å². The van der Waals surface area contributed by atoms with Crippen LogP contribution in [0.1, 0.15) is 19.3 Å². The van der Waals surface area contributed by atoms with E-state index in [9.17, 15) is 9.59 Å². The van der Waals surface area contributed by atoms with Crippen LogP contribution in [-0.4, -0.2) is 34.5 Å². The van der Waals surface area contributed by atoms with Crippen LogP contribution >= 0.6 is 0 Å². The Morgan fingerprint density at radius 2 is 2.31 bits per heavy atom. The molecule has 1 saturated heterocycles. The Morgan fingerprint density at radius 1 is 1.62 bits per heavy atom. The van der Waals surface area contributed by atoms with Crippen LogP contribution < -0.4 is 0 Å². The largest absolute Gasteiger partial charge is 0.481 e. The second-order valence-corrected chi connectivity index (χ2v) is 3.04. The molecule has 0 spiro atoms. The van der Waals surface area contributed by atoms with E-state index in [1.165, 1.54) is 4.90 Å². The number of aliphatic carboxylic acids is 1. The highest BCUT2D eigenvalue weighted by molar-refractivity contribution is 5.93. The lowest BCUT2D eigenvalue weighted by atomic mass is 10.1. The number of carbonyl (C=O) groups is 2. The van der Waals surface area contributed by atoms with Gasteiger partial charge in [-0.25, -0.2) is 0 Å². The number of carboxylic acids is 1. The molecule has 1 aliphatic rings. The van der Waals surface area contributed by atoms with Gasteiger partial charge in [-0.3, -0.25) is 9.59 Å². The highest BCUT2D eigenvalue weighted by atomic mass is 16.4. The summed E-state index contributed by atoms with van der Waals surface area (Å²) in [5, 5.41) is 8.56. The number of likely N-dealkylation sites (tertiary alicyclic amines) is 1. The minimum Gasteiger partial charge on any atom is -0.481 e. The van der Waals surface area contributed by atoms with Crippen LogP contribution in [0.4, 0.5) is 0 Å². The van der Waals surface area contributed by atoms with E-state index < -0.39 is 11.9 Å². The van der Waals surface area contributed by atoms with Gasteiger partial charge >= 0.3 is 5.97 Å². The zero-order chi connectivity index (χ0) is 9.84. The SMILES string of the molecule is C#CC(=O)N1CCCC1CC(=O)O. The number of hydrogen-bond acceptors (Lipinski definition) is 2. The Hall–Kier alpha value is -1.50. The molecule has 1 heterocycles. The maximum Gasteiger partial charge on any atom is 0.305 e. The quantitative estimate of drug-likeness (QED) is 0.614. The van der Waals surface area contributed by atoms with Crippen molar-refractivity contribution in [3.8, 4) is 12.3 Å². The van der Waals surface area contributed by atoms with Gasteiger partial charge in [0.15, 0.2) is 0 Å². The molecule has 1 fully saturated rings. The zero-order valence-corrected chi connectivity index (χ0v) is 7.19. The van der Waals surface area contributed by atoms with Gasteiger partial charge in [0, 0.05) is 12.6 Å². The van der Waals surface area contributed by atoms with E-state index in [0.717, 1.165) is 12.8 Å². The van der Waals surface area contributed by atoms with Crippen molar-refractivity contribution in [2.24, 2.45) is 0 Å². The van der Waals surface area contributed by atoms with Crippen LogP contribution in [0.25, 0.3) is 0 Å². The summed E-state index contributed by atoms with van der Waals surface area (Å²) in [5.74, 6) is 0.718. The van der Waals surface area contributed by atoms with Gasteiger partial charge in [-0.15, -0.1) is 6.42 Å². The lowest BCUT2D eigenvalue weighted by Crippen LogP contribution is -2.35. The fourth-order valence-corrected chi connectivity index (χ4v) is 1.60. The number of amides is 1. The lowest BCUT2D eigenvalue weighted by Gasteiger charge is -2.20. The van der Waals surface area contributed by atoms with Crippen LogP contribution in [0.3, 0.4) is 0 Å². The van der Waals surface area contributed by atoms with Crippen molar-refractivity contribution in [1.29, 1.82) is 0 Å². The van der Waals surface area contributed by atoms with Crippen molar-refractivity contribution >= 4 is 11.9 Å². The Bertz CT molecular complexity index is 267. The summed E-state index contributed by atoms with van der Waals surface area (Å²) in [5.41, 5.74) is 0. The molecule has 0 bridgehead atoms. The van der Waals surface area contributed by atoms with Crippen LogP contribution in [-0.2, 0) is 9.59 Å². The Kier molecular flexibility index (Phi) is 2.91. The summed E-state index contributed by atoms with van der Waals surface area (Å²) < 4.78 is 0. The molecule has 0 aliphatic carbocycles. The van der Waals surface area contributed by atoms with E-state index in [0.29, 0.717) is 6.54 Å². The van der Waals surface area contributed by atoms with E-state index in [4.69, 9.17) is 11.5 Å². The van der Waals surface area contributed by atoms with Crippen molar-refractivity contribution in [2.45, 2.75) is 25.3 Å². The lowest BCUT2D eigenvalue weighted by molar-refractivity contribution is -0.139. The fraction of sp³-hybridized carbons (Fsp3) is 0.556. The van der Waals surface area contributed by atoms with Crippen molar-refractivity contribution in [3.05, 3.63) is 0 Å². The van der Waals surface area contributed by atoms with Gasteiger partial charge in [-0.05, 0) is 18.8 Å². The summed E-state index contributed by atoms with van der Waals surface area (Å²) in [6.45, 7) is 0.584. The Labute approximate surface area is 76.5 Å². The van der Waals surface area contributed by atoms with E-state index in [1.54, 1.807) is 0 Å². The fourth-order valence-electron chi connectivity index (χ4n) is 1.60. The first-order valence-corrected chi connectivity index (χ1v) is 4.14. The predicted octanol–water partition coefficient (Wildman–Crippen LogP) is 0.0853. The first-order valence-electron chi connectivity index (χ1n) is 4.14. The Morgan fingerprint density at radius 3 is 2.85 bits per heavy atom. The number of nitrogens with zero attached hydrogens (tertiary/aromatic N) is 1. The molecule has 1 aliphatic heterocycles. The number of rotatable bonds is 2. The standard InChI is InChI=1S/C9H11NO3/c1-2-8(11)10-5-3-4-7(10)6-9(12)13/h1,7H,3-6H2,(H,12,13). The molecule has 0 aromatic heterocycles. The molecule has 1 N–H and O–H groups in total. The number of carboxylic acid groups (broad SMARTS) is 1. The molecular weight excluding hydrogens is 170 g/mol. The summed E-state index contributed by atoms with van der Waals surface area (Å²) in [6.07, 6.45) is 6.52. The molecule has 1 atom stereocenters. The van der Waals surface area contributed by atoms with Crippen molar-refractivity contribution in [1.82, 2.24) is 4.90 Å². The summed E-state index contributed by atoms with van der Waals surface area (Å²) in [7, 11) is 0. The minimum absolute atomic E-state index is 0.00653. The molecule has 1 amide bonds. The van der Waals surface area contributed by atoms with Crippen LogP contribution in [0, 0.1) is 12.3 Å². The number of carbonyl (C=O) groups excluding carboxylic acids is 1. The van der Waals surface area contributed by atoms with Crippen LogP contribution in [0.2, 0.25) is 0 Å². The van der Waals surface area contributed by atoms with E-state index in [-0.39, 0.29) is 12.5 Å². The topological polar surface area (TPSA) is 57.6 Å². The predicted molar refractivity (Wildman–Crippen MR) is 45.8 cm³/mol. The molecule has 1 unspecified atom stereocenters. The first kappa shape index (κ1) is 9.59. The molecule has 4 nitrogen and oxygen atoms in total. The number of terminal acetylenes is 1. The summed E-state index contributed by atoms with van der Waals surface area (Å²) >= 11 is 0. The van der Waals surface area contributed by atoms with Gasteiger partial charge in [0.2, 0.25) is 0 Å². The molecule has 0 aromatic carbocycles.